The van der Waals surface area contributed by atoms with E-state index in [1.54, 1.807) is 0 Å². The van der Waals surface area contributed by atoms with Gasteiger partial charge in [0.2, 0.25) is 0 Å². The van der Waals surface area contributed by atoms with Gasteiger partial charge in [-0.1, -0.05) is 5.04 Å². The summed E-state index contributed by atoms with van der Waals surface area (Å²) in [7, 11) is -0.841. The van der Waals surface area contributed by atoms with E-state index in [1.165, 1.54) is 0 Å². The molecule has 14 heteroatoms. The molecule has 156 valence electrons. The molecule has 1 fully saturated rings. The summed E-state index contributed by atoms with van der Waals surface area (Å²) < 4.78 is 8.92. The summed E-state index contributed by atoms with van der Waals surface area (Å²) in [5.74, 6) is -0.0129. The topological polar surface area (TPSA) is 210 Å². The lowest BCUT2D eigenvalue weighted by molar-refractivity contribution is -0.434. The Morgan fingerprint density at radius 1 is 1.04 bits per heavy atom. The standard InChI is InChI=1S/C12H24O12S2/c13-1-5(15)10(19)11(20)12(22-25-24-23-21)7(17)4-26-3-6(16)9(18)8(26)2-14/h5-20H,1-4H2/p+1/t5?,6-,7-,8-,9+,10-,11+,12?,26+/m1/s1. The molecular weight excluding hydrogens is 400 g/mol. The molecule has 0 radical (unpaired) electrons. The van der Waals surface area contributed by atoms with Gasteiger partial charge >= 0.3 is 0 Å². The zero-order valence-electron chi connectivity index (χ0n) is 13.5. The van der Waals surface area contributed by atoms with E-state index in [2.05, 4.69) is 9.37 Å². The minimum atomic E-state index is -1.88. The normalized spacial score (nSPS) is 32.2. The molecule has 0 aromatic heterocycles. The number of hydrogen-bond acceptors (Lipinski definition) is 13. The molecule has 0 aromatic rings. The summed E-state index contributed by atoms with van der Waals surface area (Å²) in [6.07, 6.45) is -10.8. The number of aliphatic hydroxyl groups excluding tert-OH is 8. The van der Waals surface area contributed by atoms with Crippen molar-refractivity contribution in [1.29, 1.82) is 0 Å². The average Bonchev–Trinajstić information content (AvgIpc) is 2.89. The van der Waals surface area contributed by atoms with Gasteiger partial charge in [0, 0.05) is 10.9 Å². The van der Waals surface area contributed by atoms with Crippen molar-refractivity contribution < 1.29 is 59.7 Å². The highest BCUT2D eigenvalue weighted by Gasteiger charge is 2.51. The molecule has 1 saturated heterocycles. The quantitative estimate of drug-likeness (QED) is 0.0475. The molecular formula is C12H25O12S2+. The van der Waals surface area contributed by atoms with Crippen LogP contribution < -0.4 is 0 Å². The van der Waals surface area contributed by atoms with E-state index in [0.29, 0.717) is 0 Å². The largest absolute Gasteiger partial charge is 0.394 e. The van der Waals surface area contributed by atoms with Crippen molar-refractivity contribution >= 4 is 23.2 Å². The highest BCUT2D eigenvalue weighted by molar-refractivity contribution is 7.97. The third-order valence-corrected chi connectivity index (χ3v) is 7.25. The van der Waals surface area contributed by atoms with Crippen molar-refractivity contribution in [2.75, 3.05) is 24.7 Å². The second-order valence-electron chi connectivity index (χ2n) is 5.72. The van der Waals surface area contributed by atoms with Gasteiger partial charge in [-0.05, 0) is 0 Å². The monoisotopic (exact) mass is 425 g/mol. The zero-order valence-corrected chi connectivity index (χ0v) is 15.1. The van der Waals surface area contributed by atoms with E-state index in [9.17, 15) is 35.7 Å². The number of aliphatic hydroxyl groups is 8. The summed E-state index contributed by atoms with van der Waals surface area (Å²) in [5.41, 5.74) is 0. The van der Waals surface area contributed by atoms with Crippen LogP contribution in [-0.4, -0.2) is 119 Å². The molecule has 0 spiro atoms. The van der Waals surface area contributed by atoms with Crippen LogP contribution in [-0.2, 0) is 24.5 Å². The predicted octanol–water partition coefficient (Wildman–Crippen LogP) is -4.49. The van der Waals surface area contributed by atoms with Crippen LogP contribution in [0, 0.1) is 0 Å². The van der Waals surface area contributed by atoms with Crippen LogP contribution in [0.15, 0.2) is 0 Å². The first-order valence-electron chi connectivity index (χ1n) is 7.55. The lowest BCUT2D eigenvalue weighted by Crippen LogP contribution is -2.52. The van der Waals surface area contributed by atoms with Gasteiger partial charge < -0.3 is 40.9 Å². The maximum absolute atomic E-state index is 10.4. The Balaban J connectivity index is 2.81. The van der Waals surface area contributed by atoms with Gasteiger partial charge in [0.05, 0.1) is 13.2 Å². The molecule has 0 amide bonds. The Morgan fingerprint density at radius 3 is 2.23 bits per heavy atom. The molecule has 1 rings (SSSR count). The van der Waals surface area contributed by atoms with E-state index in [-0.39, 0.29) is 23.8 Å². The molecule has 1 aliphatic heterocycles. The maximum Gasteiger partial charge on any atom is 0.198 e. The lowest BCUT2D eigenvalue weighted by atomic mass is 10.0. The average molecular weight is 425 g/mol. The van der Waals surface area contributed by atoms with Crippen LogP contribution in [0.5, 0.6) is 0 Å². The molecule has 1 heterocycles. The molecule has 1 aliphatic rings. The second-order valence-corrected chi connectivity index (χ2v) is 8.53. The van der Waals surface area contributed by atoms with Crippen LogP contribution in [0.2, 0.25) is 0 Å². The number of hydrogen-bond donors (Lipinski definition) is 9. The van der Waals surface area contributed by atoms with Gasteiger partial charge in [-0.15, -0.1) is 4.33 Å². The summed E-state index contributed by atoms with van der Waals surface area (Å²) in [6, 6.07) is 0. The molecule has 0 saturated carbocycles. The summed E-state index contributed by atoms with van der Waals surface area (Å²) in [5, 5.41) is 88.2. The van der Waals surface area contributed by atoms with E-state index in [4.69, 9.17) is 14.5 Å². The first kappa shape index (κ1) is 24.3. The molecule has 0 aliphatic carbocycles. The third-order valence-electron chi connectivity index (χ3n) is 4.01. The maximum atomic E-state index is 10.4. The van der Waals surface area contributed by atoms with Crippen molar-refractivity contribution in [1.82, 2.24) is 0 Å². The Kier molecular flexibility index (Phi) is 11.1. The Bertz CT molecular complexity index is 393. The fourth-order valence-corrected chi connectivity index (χ4v) is 5.63. The summed E-state index contributed by atoms with van der Waals surface area (Å²) in [6.45, 7) is -1.29. The smallest absolute Gasteiger partial charge is 0.198 e. The minimum Gasteiger partial charge on any atom is -0.394 e. The SMILES string of the molecule is OCC(O)[C@@H](O)[C@H](O)C(OSOOO)[C@H](O)C[S@+]1C[C@@H](O)[C@H](O)[C@H]1CO. The minimum absolute atomic E-state index is 0.0278. The van der Waals surface area contributed by atoms with E-state index >= 15 is 0 Å². The van der Waals surface area contributed by atoms with Crippen molar-refractivity contribution in [2.45, 2.75) is 48.0 Å². The molecule has 12 nitrogen and oxygen atoms in total. The first-order chi connectivity index (χ1) is 12.3. The van der Waals surface area contributed by atoms with Gasteiger partial charge in [-0.3, -0.25) is 4.18 Å². The molecule has 9 N–H and O–H groups in total. The van der Waals surface area contributed by atoms with Crippen LogP contribution in [0.4, 0.5) is 0 Å². The highest BCUT2D eigenvalue weighted by Crippen LogP contribution is 2.27. The summed E-state index contributed by atoms with van der Waals surface area (Å²) in [4.78, 5) is 0. The van der Waals surface area contributed by atoms with E-state index in [0.717, 1.165) is 0 Å². The molecule has 26 heavy (non-hydrogen) atoms. The first-order valence-corrected chi connectivity index (χ1v) is 9.84. The molecule has 0 aromatic carbocycles. The van der Waals surface area contributed by atoms with Crippen molar-refractivity contribution in [3.8, 4) is 0 Å². The van der Waals surface area contributed by atoms with Crippen molar-refractivity contribution in [2.24, 2.45) is 0 Å². The van der Waals surface area contributed by atoms with Crippen LogP contribution in [0.3, 0.4) is 0 Å². The van der Waals surface area contributed by atoms with Gasteiger partial charge in [0.15, 0.2) is 17.6 Å². The van der Waals surface area contributed by atoms with Gasteiger partial charge in [0.25, 0.3) is 0 Å². The van der Waals surface area contributed by atoms with E-state index < -0.39 is 72.1 Å². The molecule has 2 unspecified atom stereocenters. The third kappa shape index (κ3) is 6.39. The summed E-state index contributed by atoms with van der Waals surface area (Å²) >= 11 is 0.0278. The van der Waals surface area contributed by atoms with Gasteiger partial charge in [0.1, 0.15) is 54.2 Å². The van der Waals surface area contributed by atoms with Crippen LogP contribution in [0.25, 0.3) is 0 Å². The Labute approximate surface area is 156 Å². The molecule has 0 bridgehead atoms. The Hall–Kier alpha value is 0.220. The van der Waals surface area contributed by atoms with Crippen molar-refractivity contribution in [3.63, 3.8) is 0 Å². The van der Waals surface area contributed by atoms with Crippen LogP contribution in [0.1, 0.15) is 0 Å². The zero-order chi connectivity index (χ0) is 19.9. The van der Waals surface area contributed by atoms with Gasteiger partial charge in [-0.25, -0.2) is 5.26 Å². The van der Waals surface area contributed by atoms with Crippen molar-refractivity contribution in [3.05, 3.63) is 0 Å². The Morgan fingerprint density at radius 2 is 1.69 bits per heavy atom. The fraction of sp³-hybridized carbons (Fsp3) is 1.00. The van der Waals surface area contributed by atoms with E-state index in [1.807, 2.05) is 0 Å². The highest BCUT2D eigenvalue weighted by atomic mass is 32.2. The second kappa shape index (κ2) is 11.9. The lowest BCUT2D eigenvalue weighted by Gasteiger charge is -2.30. The molecule has 9 atom stereocenters. The number of rotatable bonds is 12. The van der Waals surface area contributed by atoms with Gasteiger partial charge in [-0.2, -0.15) is 0 Å². The predicted molar refractivity (Wildman–Crippen MR) is 88.4 cm³/mol. The fourth-order valence-electron chi connectivity index (χ4n) is 2.56. The van der Waals surface area contributed by atoms with Crippen LogP contribution >= 0.6 is 12.3 Å².